The van der Waals surface area contributed by atoms with E-state index in [-0.39, 0.29) is 17.9 Å². The monoisotopic (exact) mass is 275 g/mol. The van der Waals surface area contributed by atoms with Gasteiger partial charge < -0.3 is 16.0 Å². The Morgan fingerprint density at radius 3 is 2.75 bits per heavy atom. The van der Waals surface area contributed by atoms with Crippen molar-refractivity contribution in [3.63, 3.8) is 0 Å². The predicted molar refractivity (Wildman–Crippen MR) is 76.8 cm³/mol. The number of nitrogens with one attached hydrogen (secondary N) is 1. The zero-order valence-electron chi connectivity index (χ0n) is 11.8. The molecule has 1 aromatic carbocycles. The van der Waals surface area contributed by atoms with Crippen molar-refractivity contribution in [2.75, 3.05) is 13.6 Å². The molecule has 0 radical (unpaired) electrons. The maximum atomic E-state index is 12.1. The number of hydrogen-bond donors (Lipinski definition) is 2. The molecule has 1 saturated heterocycles. The van der Waals surface area contributed by atoms with Crippen LogP contribution in [-0.4, -0.2) is 36.3 Å². The molecule has 108 valence electrons. The molecule has 0 bridgehead atoms. The molecule has 1 atom stereocenters. The van der Waals surface area contributed by atoms with E-state index in [0.717, 1.165) is 11.1 Å². The number of nitrogens with zero attached hydrogens (tertiary/aromatic N) is 1. The summed E-state index contributed by atoms with van der Waals surface area (Å²) in [5.74, 6) is 0.127. The lowest BCUT2D eigenvalue weighted by molar-refractivity contribution is -0.133. The molecule has 2 amide bonds. The Kier molecular flexibility index (Phi) is 4.74. The smallest absolute Gasteiger partial charge is 0.224 e. The van der Waals surface area contributed by atoms with Crippen LogP contribution in [0, 0.1) is 0 Å². The van der Waals surface area contributed by atoms with Crippen molar-refractivity contribution in [2.45, 2.75) is 31.8 Å². The Bertz CT molecular complexity index is 502. The van der Waals surface area contributed by atoms with Crippen molar-refractivity contribution in [1.82, 2.24) is 10.2 Å². The van der Waals surface area contributed by atoms with Gasteiger partial charge in [-0.15, -0.1) is 0 Å². The number of amides is 2. The summed E-state index contributed by atoms with van der Waals surface area (Å²) >= 11 is 0. The zero-order chi connectivity index (χ0) is 14.5. The summed E-state index contributed by atoms with van der Waals surface area (Å²) in [4.78, 5) is 25.1. The van der Waals surface area contributed by atoms with Crippen LogP contribution in [0.15, 0.2) is 24.3 Å². The van der Waals surface area contributed by atoms with Crippen molar-refractivity contribution in [3.8, 4) is 0 Å². The first-order chi connectivity index (χ1) is 9.60. The minimum absolute atomic E-state index is 0.0151. The van der Waals surface area contributed by atoms with Gasteiger partial charge in [0.05, 0.1) is 6.42 Å². The van der Waals surface area contributed by atoms with Crippen LogP contribution < -0.4 is 11.1 Å². The van der Waals surface area contributed by atoms with Gasteiger partial charge in [-0.1, -0.05) is 24.3 Å². The third-order valence-electron chi connectivity index (χ3n) is 3.68. The molecule has 2 rings (SSSR count). The van der Waals surface area contributed by atoms with Crippen LogP contribution in [0.4, 0.5) is 0 Å². The van der Waals surface area contributed by atoms with Crippen LogP contribution in [0.25, 0.3) is 0 Å². The molecular formula is C15H21N3O2. The minimum atomic E-state index is -0.0151. The van der Waals surface area contributed by atoms with Crippen molar-refractivity contribution in [3.05, 3.63) is 35.4 Å². The Balaban J connectivity index is 1.91. The van der Waals surface area contributed by atoms with E-state index in [1.54, 1.807) is 11.9 Å². The van der Waals surface area contributed by atoms with Crippen LogP contribution in [0.2, 0.25) is 0 Å². The molecule has 1 fully saturated rings. The van der Waals surface area contributed by atoms with E-state index < -0.39 is 0 Å². The fourth-order valence-electron chi connectivity index (χ4n) is 2.51. The van der Waals surface area contributed by atoms with Crippen LogP contribution in [-0.2, 0) is 22.6 Å². The highest BCUT2D eigenvalue weighted by Gasteiger charge is 2.24. The molecule has 5 nitrogen and oxygen atoms in total. The Labute approximate surface area is 119 Å². The largest absolute Gasteiger partial charge is 0.351 e. The molecule has 0 spiro atoms. The highest BCUT2D eigenvalue weighted by molar-refractivity contribution is 5.80. The number of nitrogens with two attached hydrogens (primary N) is 1. The SMILES string of the molecule is CN1CC(NC(=O)Cc2ccccc2CN)CCC1=O. The maximum absolute atomic E-state index is 12.1. The summed E-state index contributed by atoms with van der Waals surface area (Å²) in [5.41, 5.74) is 7.63. The van der Waals surface area contributed by atoms with Crippen molar-refractivity contribution >= 4 is 11.8 Å². The summed E-state index contributed by atoms with van der Waals surface area (Å²) in [6.07, 6.45) is 1.55. The quantitative estimate of drug-likeness (QED) is 0.836. The number of piperidine rings is 1. The number of likely N-dealkylation sites (tertiary alicyclic amines) is 1. The molecular weight excluding hydrogens is 254 g/mol. The number of carbonyl (C=O) groups is 2. The Morgan fingerprint density at radius 2 is 2.10 bits per heavy atom. The highest BCUT2D eigenvalue weighted by atomic mass is 16.2. The fraction of sp³-hybridized carbons (Fsp3) is 0.467. The Hall–Kier alpha value is -1.88. The van der Waals surface area contributed by atoms with Gasteiger partial charge in [-0.2, -0.15) is 0 Å². The standard InChI is InChI=1S/C15H21N3O2/c1-18-10-13(6-7-15(18)20)17-14(19)8-11-4-2-3-5-12(11)9-16/h2-5,13H,6-10,16H2,1H3,(H,17,19). The van der Waals surface area contributed by atoms with Crippen molar-refractivity contribution < 1.29 is 9.59 Å². The number of rotatable bonds is 4. The van der Waals surface area contributed by atoms with E-state index in [0.29, 0.717) is 32.4 Å². The van der Waals surface area contributed by atoms with Gasteiger partial charge in [0.15, 0.2) is 0 Å². The summed E-state index contributed by atoms with van der Waals surface area (Å²) < 4.78 is 0. The highest BCUT2D eigenvalue weighted by Crippen LogP contribution is 2.11. The molecule has 20 heavy (non-hydrogen) atoms. The average Bonchev–Trinajstić information content (AvgIpc) is 2.43. The molecule has 3 N–H and O–H groups in total. The number of hydrogen-bond acceptors (Lipinski definition) is 3. The minimum Gasteiger partial charge on any atom is -0.351 e. The molecule has 0 saturated carbocycles. The van der Waals surface area contributed by atoms with Gasteiger partial charge in [-0.25, -0.2) is 0 Å². The molecule has 1 aliphatic heterocycles. The third kappa shape index (κ3) is 3.57. The average molecular weight is 275 g/mol. The second-order valence-electron chi connectivity index (χ2n) is 5.23. The first-order valence-electron chi connectivity index (χ1n) is 6.90. The number of carbonyl (C=O) groups excluding carboxylic acids is 2. The van der Waals surface area contributed by atoms with Gasteiger partial charge in [0.1, 0.15) is 0 Å². The van der Waals surface area contributed by atoms with Crippen molar-refractivity contribution in [2.24, 2.45) is 5.73 Å². The van der Waals surface area contributed by atoms with E-state index >= 15 is 0 Å². The maximum Gasteiger partial charge on any atom is 0.224 e. The van der Waals surface area contributed by atoms with E-state index in [4.69, 9.17) is 5.73 Å². The normalized spacial score (nSPS) is 19.0. The second kappa shape index (κ2) is 6.52. The van der Waals surface area contributed by atoms with Gasteiger partial charge in [-0.05, 0) is 17.5 Å². The Morgan fingerprint density at radius 1 is 1.40 bits per heavy atom. The van der Waals surface area contributed by atoms with Gasteiger partial charge in [0, 0.05) is 32.6 Å². The van der Waals surface area contributed by atoms with Gasteiger partial charge in [0.25, 0.3) is 0 Å². The summed E-state index contributed by atoms with van der Waals surface area (Å²) in [5, 5.41) is 3.00. The van der Waals surface area contributed by atoms with Crippen LogP contribution in [0.1, 0.15) is 24.0 Å². The molecule has 1 heterocycles. The van der Waals surface area contributed by atoms with Gasteiger partial charge >= 0.3 is 0 Å². The van der Waals surface area contributed by atoms with Gasteiger partial charge in [-0.3, -0.25) is 9.59 Å². The molecule has 0 aliphatic carbocycles. The lowest BCUT2D eigenvalue weighted by atomic mass is 10.0. The topological polar surface area (TPSA) is 75.4 Å². The van der Waals surface area contributed by atoms with E-state index in [2.05, 4.69) is 5.32 Å². The summed E-state index contributed by atoms with van der Waals surface area (Å²) in [6, 6.07) is 7.75. The summed E-state index contributed by atoms with van der Waals surface area (Å²) in [7, 11) is 1.77. The number of likely N-dealkylation sites (N-methyl/N-ethyl adjacent to an activating group) is 1. The fourth-order valence-corrected chi connectivity index (χ4v) is 2.51. The predicted octanol–water partition coefficient (Wildman–Crippen LogP) is 0.425. The lowest BCUT2D eigenvalue weighted by Gasteiger charge is -2.30. The first kappa shape index (κ1) is 14.5. The van der Waals surface area contributed by atoms with Crippen LogP contribution in [0.5, 0.6) is 0 Å². The number of benzene rings is 1. The molecule has 1 unspecified atom stereocenters. The zero-order valence-corrected chi connectivity index (χ0v) is 11.8. The van der Waals surface area contributed by atoms with E-state index in [9.17, 15) is 9.59 Å². The van der Waals surface area contributed by atoms with Crippen LogP contribution in [0.3, 0.4) is 0 Å². The second-order valence-corrected chi connectivity index (χ2v) is 5.23. The van der Waals surface area contributed by atoms with E-state index in [1.165, 1.54) is 0 Å². The molecule has 1 aromatic rings. The van der Waals surface area contributed by atoms with Gasteiger partial charge in [0.2, 0.25) is 11.8 Å². The van der Waals surface area contributed by atoms with E-state index in [1.807, 2.05) is 24.3 Å². The molecule has 1 aliphatic rings. The molecule has 5 heteroatoms. The molecule has 0 aromatic heterocycles. The van der Waals surface area contributed by atoms with Crippen molar-refractivity contribution in [1.29, 1.82) is 0 Å². The van der Waals surface area contributed by atoms with Crippen LogP contribution >= 0.6 is 0 Å². The summed E-state index contributed by atoms with van der Waals surface area (Å²) in [6.45, 7) is 1.02. The first-order valence-corrected chi connectivity index (χ1v) is 6.90. The third-order valence-corrected chi connectivity index (χ3v) is 3.68. The lowest BCUT2D eigenvalue weighted by Crippen LogP contribution is -2.48.